The van der Waals surface area contributed by atoms with E-state index >= 15 is 0 Å². The van der Waals surface area contributed by atoms with Gasteiger partial charge in [0.15, 0.2) is 0 Å². The van der Waals surface area contributed by atoms with Gasteiger partial charge in [0, 0.05) is 99.2 Å². The van der Waals surface area contributed by atoms with Gasteiger partial charge in [-0.3, -0.25) is 0 Å². The Labute approximate surface area is 774 Å². The average molecular weight is 1840 g/mol. The number of nitrogens with two attached hydrogens (primary N) is 14. The standard InChI is InChI=1S/C18H16N2S2.C18H16N2.C17H15N3.C15H15F3N2O2.C14H16N2O2.C13H12N2.C6H4Cl4N2/c19-13-1-5-15(6-2-13)21-17-9-11-18(12-10-17)22-16-7-3-14(20)4-8-16;19-17-8-2-6-15(11-17)13-4-1-5-14(10-13)16-7-3-9-18(20)12-16;18-14-8-4-12(5-9-14)16-2-1-3-17(20-16)13-6-10-15(19)11-7-13;1-14(15(16,17)18,8-2-4-12(21)10(19)6-8)9-3-5-13(22)11(20)7-9;1-18-14-7-11(16)3-5-13(14)12-4-2-10(15)6-9(12)8-17;14-10-1-3-12-8(6-10)5-9-7-11(15)2-4-13(9)12;7-1-2(8)6(12)4(10)3(9)5(1)11/h1-12H,19-20H2;1-12H,19-20H2;1-11H,18-19H2;2-7,21-22H,19-20H2,1H3;2-7,17H,8,15-16H2,1H3;1-4,6-7H,5,14-15H2;11-12H2. The number of pyridine rings is 1. The molecule has 0 atom stereocenters. The zero-order valence-corrected chi connectivity index (χ0v) is 74.4. The van der Waals surface area contributed by atoms with Crippen LogP contribution in [0.15, 0.2) is 341 Å². The first kappa shape index (κ1) is 95.3. The van der Waals surface area contributed by atoms with Crippen molar-refractivity contribution >= 4 is 150 Å². The number of phenols is 2. The molecule has 1 aromatic heterocycles. The Kier molecular flexibility index (Phi) is 31.9. The van der Waals surface area contributed by atoms with E-state index in [0.29, 0.717) is 17.1 Å². The highest BCUT2D eigenvalue weighted by Crippen LogP contribution is 2.50. The largest absolute Gasteiger partial charge is 0.506 e. The summed E-state index contributed by atoms with van der Waals surface area (Å²) in [5, 5.41) is 28.7. The Bertz CT molecular complexity index is 6150. The third-order valence-corrected chi connectivity index (χ3v) is 24.2. The van der Waals surface area contributed by atoms with Crippen molar-refractivity contribution in [3.8, 4) is 84.3 Å². The number of hydrogen-bond acceptors (Lipinski definition) is 21. The molecule has 0 amide bonds. The molecular formula is C101H94Cl4F3N15O4S2. The van der Waals surface area contributed by atoms with Crippen molar-refractivity contribution in [1.82, 2.24) is 4.98 Å². The minimum atomic E-state index is -4.64. The molecule has 0 saturated heterocycles. The molecule has 1 heterocycles. The SMILES string of the molecule is CC(c1ccc(O)c(N)c1)(c1ccc(O)c(N)c1)C(F)(F)F.COc1cc(N)ccc1-c1ccc(N)cc1CO.Nc1c(Cl)c(Cl)c(N)c(Cl)c1Cl.Nc1ccc(-c2cccc(-c3ccc(N)cc3)n2)cc1.Nc1ccc(Sc2ccc(Sc3ccc(N)cc3)cc2)cc1.Nc1ccc2c(c1)Cc1cc(N)ccc1-2.Nc1cccc(-c2cccc(-c3cccc(N)c3)c2)c1. The monoisotopic (exact) mass is 1840 g/mol. The highest BCUT2D eigenvalue weighted by molar-refractivity contribution is 7.99. The zero-order valence-electron chi connectivity index (χ0n) is 69.8. The quantitative estimate of drug-likeness (QED) is 0.0290. The molecule has 0 bridgehead atoms. The Morgan fingerprint density at radius 2 is 0.643 bits per heavy atom. The maximum absolute atomic E-state index is 13.7. The fraction of sp³-hybridized carbons (Fsp3) is 0.0594. The summed E-state index contributed by atoms with van der Waals surface area (Å²) >= 11 is 26.2. The van der Waals surface area contributed by atoms with E-state index in [-0.39, 0.29) is 72.1 Å². The molecule has 31 N–H and O–H groups in total. The number of fused-ring (bicyclic) bond motifs is 3. The minimum absolute atomic E-state index is 0.0755. The fourth-order valence-electron chi connectivity index (χ4n) is 13.4. The number of benzene rings is 15. The highest BCUT2D eigenvalue weighted by atomic mass is 35.5. The van der Waals surface area contributed by atoms with E-state index < -0.39 is 11.6 Å². The third-order valence-electron chi connectivity index (χ3n) is 20.4. The summed E-state index contributed by atoms with van der Waals surface area (Å²) in [4.78, 5) is 9.50. The molecule has 28 heteroatoms. The Balaban J connectivity index is 0.000000147. The average Bonchev–Trinajstić information content (AvgIpc) is 1.31. The third kappa shape index (κ3) is 24.9. The van der Waals surface area contributed by atoms with Crippen molar-refractivity contribution in [1.29, 1.82) is 0 Å². The molecule has 15 aromatic carbocycles. The van der Waals surface area contributed by atoms with Crippen LogP contribution in [0.5, 0.6) is 17.2 Å². The van der Waals surface area contributed by atoms with E-state index in [2.05, 4.69) is 72.8 Å². The number of alkyl halides is 3. The number of phenolic OH excluding ortho intramolecular Hbond substituents is 2. The predicted octanol–water partition coefficient (Wildman–Crippen LogP) is 24.0. The Morgan fingerprint density at radius 1 is 0.333 bits per heavy atom. The van der Waals surface area contributed by atoms with Crippen LogP contribution in [-0.4, -0.2) is 33.6 Å². The lowest BCUT2D eigenvalue weighted by molar-refractivity contribution is -0.173. The molecule has 1 aliphatic rings. The van der Waals surface area contributed by atoms with Crippen molar-refractivity contribution in [2.24, 2.45) is 0 Å². The fourth-order valence-corrected chi connectivity index (χ4v) is 15.9. The molecule has 0 spiro atoms. The molecule has 0 radical (unpaired) electrons. The van der Waals surface area contributed by atoms with Crippen LogP contribution in [0.25, 0.3) is 67.0 Å². The maximum atomic E-state index is 13.7. The van der Waals surface area contributed by atoms with Crippen molar-refractivity contribution < 1.29 is 33.2 Å². The summed E-state index contributed by atoms with van der Waals surface area (Å²) < 4.78 is 46.5. The highest BCUT2D eigenvalue weighted by Gasteiger charge is 2.54. The van der Waals surface area contributed by atoms with Crippen LogP contribution in [0.4, 0.5) is 92.8 Å². The molecule has 19 nitrogen and oxygen atoms in total. The molecule has 658 valence electrons. The van der Waals surface area contributed by atoms with Crippen LogP contribution in [0.2, 0.25) is 20.1 Å². The number of hydrogen-bond donors (Lipinski definition) is 17. The first-order chi connectivity index (χ1) is 61.5. The molecule has 16 aromatic rings. The number of aliphatic hydroxyl groups excluding tert-OH is 1. The van der Waals surface area contributed by atoms with E-state index in [1.807, 2.05) is 188 Å². The van der Waals surface area contributed by atoms with Gasteiger partial charge in [-0.2, -0.15) is 13.2 Å². The van der Waals surface area contributed by atoms with Gasteiger partial charge in [0.05, 0.1) is 67.9 Å². The van der Waals surface area contributed by atoms with Crippen molar-refractivity contribution in [2.45, 2.75) is 51.1 Å². The number of aliphatic hydroxyl groups is 1. The van der Waals surface area contributed by atoms with Gasteiger partial charge in [0.25, 0.3) is 0 Å². The van der Waals surface area contributed by atoms with Crippen LogP contribution < -0.4 is 85.0 Å². The van der Waals surface area contributed by atoms with Gasteiger partial charge in [-0.05, 0) is 292 Å². The second kappa shape index (κ2) is 43.2. The lowest BCUT2D eigenvalue weighted by Crippen LogP contribution is -2.40. The zero-order chi connectivity index (χ0) is 93.0. The molecule has 0 fully saturated rings. The number of methoxy groups -OCH3 is 1. The van der Waals surface area contributed by atoms with Gasteiger partial charge in [0.1, 0.15) is 22.7 Å². The van der Waals surface area contributed by atoms with E-state index in [9.17, 15) is 28.5 Å². The van der Waals surface area contributed by atoms with Crippen LogP contribution in [0, 0.1) is 0 Å². The smallest absolute Gasteiger partial charge is 0.402 e. The molecular weight excluding hydrogens is 1750 g/mol. The summed E-state index contributed by atoms with van der Waals surface area (Å²) in [6.45, 7) is 0.915. The van der Waals surface area contributed by atoms with E-state index in [4.69, 9.17) is 136 Å². The molecule has 17 rings (SSSR count). The van der Waals surface area contributed by atoms with Crippen molar-refractivity contribution in [3.63, 3.8) is 0 Å². The molecule has 0 saturated carbocycles. The predicted molar refractivity (Wildman–Crippen MR) is 536 cm³/mol. The number of aromatic hydroxyl groups is 2. The Morgan fingerprint density at radius 3 is 1.00 bits per heavy atom. The Hall–Kier alpha value is -14.3. The molecule has 0 aliphatic heterocycles. The van der Waals surface area contributed by atoms with Gasteiger partial charge in [-0.15, -0.1) is 0 Å². The summed E-state index contributed by atoms with van der Waals surface area (Å²) in [7, 11) is 1.59. The minimum Gasteiger partial charge on any atom is -0.506 e. The van der Waals surface area contributed by atoms with Crippen LogP contribution >= 0.6 is 69.9 Å². The summed E-state index contributed by atoms with van der Waals surface area (Å²) in [6, 6.07) is 99.7. The van der Waals surface area contributed by atoms with E-state index in [1.54, 1.807) is 54.9 Å². The number of nitrogen functional groups attached to an aromatic ring is 14. The van der Waals surface area contributed by atoms with Gasteiger partial charge in [-0.1, -0.05) is 173 Å². The van der Waals surface area contributed by atoms with Gasteiger partial charge >= 0.3 is 6.18 Å². The number of anilines is 14. The van der Waals surface area contributed by atoms with Crippen molar-refractivity contribution in [3.05, 3.63) is 369 Å². The second-order valence-electron chi connectivity index (χ2n) is 29.6. The lowest BCUT2D eigenvalue weighted by Gasteiger charge is -2.33. The molecule has 0 unspecified atom stereocenters. The first-order valence-corrected chi connectivity index (χ1v) is 42.7. The van der Waals surface area contributed by atoms with Crippen LogP contribution in [-0.2, 0) is 18.4 Å². The first-order valence-electron chi connectivity index (χ1n) is 39.6. The number of nitrogens with zero attached hydrogens (tertiary/aromatic N) is 1. The van der Waals surface area contributed by atoms with Gasteiger partial charge in [-0.25, -0.2) is 4.98 Å². The molecule has 129 heavy (non-hydrogen) atoms. The summed E-state index contributed by atoms with van der Waals surface area (Å²) in [5.74, 6) is 0.0893. The lowest BCUT2D eigenvalue weighted by atomic mass is 9.75. The van der Waals surface area contributed by atoms with E-state index in [0.717, 1.165) is 157 Å². The number of aromatic nitrogens is 1. The van der Waals surface area contributed by atoms with Crippen LogP contribution in [0.1, 0.15) is 34.7 Å². The topological polar surface area (TPSA) is 447 Å². The number of ether oxygens (including phenoxy) is 1. The number of halogens is 7. The van der Waals surface area contributed by atoms with Gasteiger partial charge in [0.2, 0.25) is 0 Å². The van der Waals surface area contributed by atoms with Crippen molar-refractivity contribution in [2.75, 3.05) is 87.4 Å². The summed E-state index contributed by atoms with van der Waals surface area (Å²) in [6.07, 6.45) is -3.69. The maximum Gasteiger partial charge on any atom is 0.402 e. The van der Waals surface area contributed by atoms with E-state index in [1.165, 1.54) is 41.8 Å². The number of rotatable bonds is 13. The second-order valence-corrected chi connectivity index (χ2v) is 33.4. The van der Waals surface area contributed by atoms with Gasteiger partial charge < -0.3 is 100 Å². The van der Waals surface area contributed by atoms with Crippen LogP contribution in [0.3, 0.4) is 0 Å². The normalized spacial score (nSPS) is 11.0. The summed E-state index contributed by atoms with van der Waals surface area (Å²) in [5.41, 5.74) is 101. The molecule has 1 aliphatic carbocycles.